The van der Waals surface area contributed by atoms with Crippen LogP contribution in [0.3, 0.4) is 0 Å². The molecule has 0 unspecified atom stereocenters. The van der Waals surface area contributed by atoms with Gasteiger partial charge in [-0.3, -0.25) is 9.13 Å². The Hall–Kier alpha value is -4.08. The van der Waals surface area contributed by atoms with Gasteiger partial charge in [0.2, 0.25) is 0 Å². The van der Waals surface area contributed by atoms with Gasteiger partial charge in [-0.25, -0.2) is 9.59 Å². The number of rotatable bonds is 6. The van der Waals surface area contributed by atoms with Crippen LogP contribution in [0.4, 0.5) is 0 Å². The number of nitrogens with zero attached hydrogens (tertiary/aromatic N) is 6. The average Bonchev–Trinajstić information content (AvgIpc) is 3.31. The minimum absolute atomic E-state index is 0.00994. The molecule has 148 valence electrons. The first-order chi connectivity index (χ1) is 14.1. The van der Waals surface area contributed by atoms with E-state index in [9.17, 15) is 9.59 Å². The van der Waals surface area contributed by atoms with Gasteiger partial charge in [0.15, 0.2) is 0 Å². The molecule has 10 nitrogen and oxygen atoms in total. The maximum absolute atomic E-state index is 12.7. The topological polar surface area (TPSA) is 98.1 Å². The first-order valence-electron chi connectivity index (χ1n) is 8.68. The van der Waals surface area contributed by atoms with Crippen molar-refractivity contribution in [3.8, 4) is 22.9 Å². The monoisotopic (exact) mass is 394 g/mol. The molecule has 2 aromatic carbocycles. The molecule has 4 aromatic rings. The van der Waals surface area contributed by atoms with Crippen molar-refractivity contribution in [2.75, 3.05) is 14.2 Å². The van der Waals surface area contributed by atoms with Crippen LogP contribution in [0.2, 0.25) is 0 Å². The summed E-state index contributed by atoms with van der Waals surface area (Å²) < 4.78 is 15.4. The molecule has 0 aliphatic carbocycles. The Labute approximate surface area is 164 Å². The largest absolute Gasteiger partial charge is 0.497 e. The van der Waals surface area contributed by atoms with Gasteiger partial charge < -0.3 is 9.47 Å². The van der Waals surface area contributed by atoms with E-state index in [1.165, 1.54) is 31.2 Å². The lowest BCUT2D eigenvalue weighted by Crippen LogP contribution is -2.31. The summed E-state index contributed by atoms with van der Waals surface area (Å²) in [5.41, 5.74) is 0.435. The van der Waals surface area contributed by atoms with Gasteiger partial charge in [0, 0.05) is 0 Å². The smallest absolute Gasteiger partial charge is 0.352 e. The van der Waals surface area contributed by atoms with Crippen LogP contribution in [-0.4, -0.2) is 42.9 Å². The van der Waals surface area contributed by atoms with E-state index in [1.807, 2.05) is 0 Å². The Morgan fingerprint density at radius 2 is 1.07 bits per heavy atom. The van der Waals surface area contributed by atoms with Crippen LogP contribution in [0.25, 0.3) is 11.4 Å². The molecule has 0 N–H and O–H groups in total. The van der Waals surface area contributed by atoms with Crippen molar-refractivity contribution in [3.63, 3.8) is 0 Å². The summed E-state index contributed by atoms with van der Waals surface area (Å²) in [6.45, 7) is -0.00994. The molecular weight excluding hydrogens is 376 g/mol. The molecule has 0 aliphatic heterocycles. The van der Waals surface area contributed by atoms with Gasteiger partial charge >= 0.3 is 11.4 Å². The second kappa shape index (κ2) is 7.50. The van der Waals surface area contributed by atoms with Gasteiger partial charge in [-0.15, -0.1) is 0 Å². The van der Waals surface area contributed by atoms with E-state index < -0.39 is 0 Å². The van der Waals surface area contributed by atoms with Crippen molar-refractivity contribution >= 4 is 0 Å². The van der Waals surface area contributed by atoms with Gasteiger partial charge in [0.05, 0.1) is 25.6 Å². The first-order valence-corrected chi connectivity index (χ1v) is 8.68. The summed E-state index contributed by atoms with van der Waals surface area (Å²) in [7, 11) is 3.14. The van der Waals surface area contributed by atoms with E-state index in [0.29, 0.717) is 22.9 Å². The zero-order chi connectivity index (χ0) is 20.4. The van der Waals surface area contributed by atoms with Gasteiger partial charge in [-0.1, -0.05) is 0 Å². The van der Waals surface area contributed by atoms with Crippen LogP contribution in [0, 0.1) is 0 Å². The van der Waals surface area contributed by atoms with Gasteiger partial charge in [0.1, 0.15) is 30.8 Å². The summed E-state index contributed by atoms with van der Waals surface area (Å²) in [6.07, 6.45) is 2.76. The van der Waals surface area contributed by atoms with E-state index in [-0.39, 0.29) is 18.0 Å². The molecule has 0 radical (unpaired) electrons. The quantitative estimate of drug-likeness (QED) is 0.482. The van der Waals surface area contributed by atoms with Crippen molar-refractivity contribution in [1.29, 1.82) is 0 Å². The fourth-order valence-corrected chi connectivity index (χ4v) is 2.83. The fourth-order valence-electron chi connectivity index (χ4n) is 2.83. The fraction of sp³-hybridized carbons (Fsp3) is 0.158. The molecule has 0 spiro atoms. The average molecular weight is 394 g/mol. The molecule has 2 aromatic heterocycles. The molecule has 0 atom stereocenters. The number of ether oxygens (including phenoxy) is 2. The van der Waals surface area contributed by atoms with Gasteiger partial charge in [0.25, 0.3) is 0 Å². The summed E-state index contributed by atoms with van der Waals surface area (Å²) >= 11 is 0. The Kier molecular flexibility index (Phi) is 4.73. The van der Waals surface area contributed by atoms with Crippen LogP contribution < -0.4 is 20.9 Å². The van der Waals surface area contributed by atoms with Crippen molar-refractivity contribution in [2.24, 2.45) is 0 Å². The molecule has 29 heavy (non-hydrogen) atoms. The van der Waals surface area contributed by atoms with Crippen molar-refractivity contribution < 1.29 is 9.47 Å². The highest BCUT2D eigenvalue weighted by molar-refractivity contribution is 5.37. The molecule has 0 amide bonds. The first kappa shape index (κ1) is 18.3. The normalized spacial score (nSPS) is 10.8. The Bertz CT molecular complexity index is 1130. The molecule has 2 heterocycles. The number of benzene rings is 2. The maximum atomic E-state index is 12.7. The highest BCUT2D eigenvalue weighted by atomic mass is 16.5. The number of hydrogen-bond donors (Lipinski definition) is 0. The second-order valence-electron chi connectivity index (χ2n) is 6.13. The van der Waals surface area contributed by atoms with Crippen molar-refractivity contribution in [1.82, 2.24) is 28.7 Å². The van der Waals surface area contributed by atoms with E-state index >= 15 is 0 Å². The van der Waals surface area contributed by atoms with E-state index in [2.05, 4.69) is 10.2 Å². The summed E-state index contributed by atoms with van der Waals surface area (Å²) in [4.78, 5) is 25.3. The molecule has 0 fully saturated rings. The number of hydrogen-bond acceptors (Lipinski definition) is 6. The molecule has 10 heteroatoms. The third kappa shape index (κ3) is 3.43. The van der Waals surface area contributed by atoms with E-state index in [0.717, 1.165) is 0 Å². The molecular formula is C19H18N6O4. The van der Waals surface area contributed by atoms with Gasteiger partial charge in [-0.05, 0) is 48.5 Å². The van der Waals surface area contributed by atoms with E-state index in [4.69, 9.17) is 9.47 Å². The molecule has 0 aliphatic rings. The molecule has 0 saturated heterocycles. The zero-order valence-electron chi connectivity index (χ0n) is 15.8. The lowest BCUT2D eigenvalue weighted by atomic mass is 10.3. The maximum Gasteiger partial charge on any atom is 0.352 e. The predicted octanol–water partition coefficient (Wildman–Crippen LogP) is 0.904. The molecule has 0 bridgehead atoms. The molecule has 0 saturated carbocycles. The summed E-state index contributed by atoms with van der Waals surface area (Å²) in [6, 6.07) is 13.9. The lowest BCUT2D eigenvalue weighted by Gasteiger charge is -2.03. The minimum atomic E-state index is -0.376. The minimum Gasteiger partial charge on any atom is -0.497 e. The standard InChI is InChI=1S/C19H18N6O4/c1-28-16-7-3-14(4-8-16)24-18(26)22(11-20-24)13-23-12-21-25(19(23)27)15-5-9-17(29-2)10-6-15/h3-12H,13H2,1-2H3. The summed E-state index contributed by atoms with van der Waals surface area (Å²) in [5, 5.41) is 8.24. The van der Waals surface area contributed by atoms with Crippen LogP contribution >= 0.6 is 0 Å². The molecule has 4 rings (SSSR count). The highest BCUT2D eigenvalue weighted by Crippen LogP contribution is 2.13. The number of methoxy groups -OCH3 is 2. The number of aromatic nitrogens is 6. The van der Waals surface area contributed by atoms with Crippen molar-refractivity contribution in [3.05, 3.63) is 82.2 Å². The van der Waals surface area contributed by atoms with Crippen LogP contribution in [0.1, 0.15) is 0 Å². The van der Waals surface area contributed by atoms with Crippen LogP contribution in [0.5, 0.6) is 11.5 Å². The van der Waals surface area contributed by atoms with Crippen LogP contribution in [0.15, 0.2) is 70.8 Å². The Morgan fingerprint density at radius 1 is 0.690 bits per heavy atom. The second-order valence-corrected chi connectivity index (χ2v) is 6.13. The summed E-state index contributed by atoms with van der Waals surface area (Å²) in [5.74, 6) is 1.36. The SMILES string of the molecule is COc1ccc(-n2ncn(Cn3cnn(-c4ccc(OC)cc4)c3=O)c2=O)cc1. The predicted molar refractivity (Wildman–Crippen MR) is 104 cm³/mol. The van der Waals surface area contributed by atoms with Crippen molar-refractivity contribution in [2.45, 2.75) is 6.67 Å². The Morgan fingerprint density at radius 3 is 1.41 bits per heavy atom. The van der Waals surface area contributed by atoms with Gasteiger partial charge in [-0.2, -0.15) is 19.6 Å². The Balaban J connectivity index is 1.60. The third-order valence-corrected chi connectivity index (χ3v) is 4.41. The zero-order valence-corrected chi connectivity index (χ0v) is 15.8. The van der Waals surface area contributed by atoms with E-state index in [1.54, 1.807) is 62.8 Å². The third-order valence-electron chi connectivity index (χ3n) is 4.41. The van der Waals surface area contributed by atoms with Crippen LogP contribution in [-0.2, 0) is 6.67 Å². The lowest BCUT2D eigenvalue weighted by molar-refractivity contribution is 0.414. The highest BCUT2D eigenvalue weighted by Gasteiger charge is 2.11.